The van der Waals surface area contributed by atoms with E-state index in [1.54, 1.807) is 12.1 Å². The highest BCUT2D eigenvalue weighted by Gasteiger charge is 2.44. The first-order valence-corrected chi connectivity index (χ1v) is 10.6. The molecule has 2 aliphatic rings. The van der Waals surface area contributed by atoms with Crippen molar-refractivity contribution in [1.29, 1.82) is 0 Å². The van der Waals surface area contributed by atoms with Gasteiger partial charge in [0.25, 0.3) is 0 Å². The normalized spacial score (nSPS) is 19.8. The molecule has 0 bridgehead atoms. The molecule has 2 heterocycles. The Hall–Kier alpha value is -2.08. The summed E-state index contributed by atoms with van der Waals surface area (Å²) in [7, 11) is 1.82. The third-order valence-electron chi connectivity index (χ3n) is 5.76. The summed E-state index contributed by atoms with van der Waals surface area (Å²) in [5, 5.41) is 10.6. The molecule has 1 aliphatic heterocycles. The Morgan fingerprint density at radius 1 is 1.26 bits per heavy atom. The molecule has 2 aromatic rings. The van der Waals surface area contributed by atoms with Crippen molar-refractivity contribution in [2.24, 2.45) is 4.99 Å². The third kappa shape index (κ3) is 4.26. The minimum atomic E-state index is -0.154. The number of anilines is 1. The number of rotatable bonds is 5. The SMILES string of the molecule is CN=C(NCC1(c2cccc(F)c2)CC1)NC1CCN(c2cccs2)CC1. The monoisotopic (exact) mass is 386 g/mol. The van der Waals surface area contributed by atoms with Gasteiger partial charge in [0.1, 0.15) is 5.82 Å². The van der Waals surface area contributed by atoms with E-state index in [1.165, 1.54) is 11.1 Å². The van der Waals surface area contributed by atoms with E-state index in [1.807, 2.05) is 24.5 Å². The van der Waals surface area contributed by atoms with Gasteiger partial charge in [-0.2, -0.15) is 0 Å². The molecule has 0 amide bonds. The van der Waals surface area contributed by atoms with Crippen molar-refractivity contribution >= 4 is 22.3 Å². The zero-order chi connectivity index (χ0) is 18.7. The van der Waals surface area contributed by atoms with Crippen LogP contribution in [0.15, 0.2) is 46.8 Å². The Bertz CT molecular complexity index is 777. The summed E-state index contributed by atoms with van der Waals surface area (Å²) in [6, 6.07) is 11.8. The molecule has 0 spiro atoms. The zero-order valence-electron chi connectivity index (χ0n) is 15.7. The van der Waals surface area contributed by atoms with Crippen LogP contribution in [-0.4, -0.2) is 38.7 Å². The van der Waals surface area contributed by atoms with Gasteiger partial charge >= 0.3 is 0 Å². The van der Waals surface area contributed by atoms with E-state index in [9.17, 15) is 4.39 Å². The maximum Gasteiger partial charge on any atom is 0.191 e. The van der Waals surface area contributed by atoms with Crippen LogP contribution in [0.1, 0.15) is 31.2 Å². The van der Waals surface area contributed by atoms with Crippen LogP contribution >= 0.6 is 11.3 Å². The second-order valence-electron chi connectivity index (χ2n) is 7.57. The fourth-order valence-electron chi connectivity index (χ4n) is 3.87. The van der Waals surface area contributed by atoms with Gasteiger partial charge in [-0.25, -0.2) is 4.39 Å². The van der Waals surface area contributed by atoms with E-state index < -0.39 is 0 Å². The summed E-state index contributed by atoms with van der Waals surface area (Å²) in [6.45, 7) is 2.94. The van der Waals surface area contributed by atoms with E-state index in [0.29, 0.717) is 6.04 Å². The first-order chi connectivity index (χ1) is 13.2. The second-order valence-corrected chi connectivity index (χ2v) is 8.50. The minimum Gasteiger partial charge on any atom is -0.363 e. The van der Waals surface area contributed by atoms with Crippen LogP contribution in [0, 0.1) is 5.82 Å². The van der Waals surface area contributed by atoms with Gasteiger partial charge in [0, 0.05) is 38.1 Å². The molecule has 1 aromatic carbocycles. The van der Waals surface area contributed by atoms with Crippen LogP contribution in [-0.2, 0) is 5.41 Å². The summed E-state index contributed by atoms with van der Waals surface area (Å²) in [6.07, 6.45) is 4.40. The summed E-state index contributed by atoms with van der Waals surface area (Å²) in [5.41, 5.74) is 1.15. The molecule has 4 nitrogen and oxygen atoms in total. The molecule has 0 unspecified atom stereocenters. The quantitative estimate of drug-likeness (QED) is 0.607. The molecule has 6 heteroatoms. The standard InChI is InChI=1S/C21H27FN4S/c1-23-20(24-15-21(9-10-21)16-4-2-5-17(22)14-16)25-18-7-11-26(12-8-18)19-6-3-13-27-19/h2-6,13-14,18H,7-12,15H2,1H3,(H2,23,24,25). The molecule has 1 aliphatic carbocycles. The lowest BCUT2D eigenvalue weighted by atomic mass is 9.96. The predicted molar refractivity (Wildman–Crippen MR) is 111 cm³/mol. The lowest BCUT2D eigenvalue weighted by Gasteiger charge is -2.33. The number of aliphatic imine (C=N–C) groups is 1. The molecular weight excluding hydrogens is 359 g/mol. The molecule has 4 rings (SSSR count). The summed E-state index contributed by atoms with van der Waals surface area (Å²) in [5.74, 6) is 0.700. The number of hydrogen-bond donors (Lipinski definition) is 2. The average Bonchev–Trinajstić information content (AvgIpc) is 3.29. The number of piperidine rings is 1. The van der Waals surface area contributed by atoms with Gasteiger partial charge in [0.05, 0.1) is 5.00 Å². The van der Waals surface area contributed by atoms with Crippen molar-refractivity contribution in [2.45, 2.75) is 37.1 Å². The lowest BCUT2D eigenvalue weighted by Crippen LogP contribution is -2.49. The van der Waals surface area contributed by atoms with Gasteiger partial charge in [-0.05, 0) is 60.9 Å². The molecule has 1 saturated heterocycles. The first-order valence-electron chi connectivity index (χ1n) is 9.70. The highest BCUT2D eigenvalue weighted by atomic mass is 32.1. The molecule has 0 radical (unpaired) electrons. The molecular formula is C21H27FN4S. The largest absolute Gasteiger partial charge is 0.363 e. The van der Waals surface area contributed by atoms with Gasteiger partial charge in [0.15, 0.2) is 5.96 Å². The summed E-state index contributed by atoms with van der Waals surface area (Å²) >= 11 is 1.81. The Kier molecular flexibility index (Phi) is 5.34. The topological polar surface area (TPSA) is 39.7 Å². The highest BCUT2D eigenvalue weighted by molar-refractivity contribution is 7.14. The third-order valence-corrected chi connectivity index (χ3v) is 6.69. The van der Waals surface area contributed by atoms with Crippen LogP contribution < -0.4 is 15.5 Å². The fourth-order valence-corrected chi connectivity index (χ4v) is 4.66. The van der Waals surface area contributed by atoms with Gasteiger partial charge in [-0.3, -0.25) is 4.99 Å². The molecule has 2 fully saturated rings. The Morgan fingerprint density at radius 3 is 2.70 bits per heavy atom. The summed E-state index contributed by atoms with van der Waals surface area (Å²) in [4.78, 5) is 6.86. The van der Waals surface area contributed by atoms with Crippen LogP contribution in [0.5, 0.6) is 0 Å². The van der Waals surface area contributed by atoms with Crippen LogP contribution in [0.3, 0.4) is 0 Å². The average molecular weight is 387 g/mol. The highest BCUT2D eigenvalue weighted by Crippen LogP contribution is 2.47. The molecule has 1 aromatic heterocycles. The van der Waals surface area contributed by atoms with Crippen LogP contribution in [0.2, 0.25) is 0 Å². The number of benzene rings is 1. The first kappa shape index (κ1) is 18.3. The fraction of sp³-hybridized carbons (Fsp3) is 0.476. The lowest BCUT2D eigenvalue weighted by molar-refractivity contribution is 0.461. The van der Waals surface area contributed by atoms with E-state index >= 15 is 0 Å². The molecule has 144 valence electrons. The molecule has 2 N–H and O–H groups in total. The van der Waals surface area contributed by atoms with Crippen molar-refractivity contribution in [3.05, 3.63) is 53.2 Å². The van der Waals surface area contributed by atoms with Gasteiger partial charge in [0.2, 0.25) is 0 Å². The maximum atomic E-state index is 13.6. The summed E-state index contributed by atoms with van der Waals surface area (Å²) < 4.78 is 13.6. The number of nitrogens with zero attached hydrogens (tertiary/aromatic N) is 2. The Labute approximate surface area is 164 Å². The smallest absolute Gasteiger partial charge is 0.191 e. The van der Waals surface area contributed by atoms with E-state index in [-0.39, 0.29) is 11.2 Å². The van der Waals surface area contributed by atoms with Crippen molar-refractivity contribution in [2.75, 3.05) is 31.6 Å². The van der Waals surface area contributed by atoms with E-state index in [4.69, 9.17) is 0 Å². The molecule has 0 atom stereocenters. The number of nitrogens with one attached hydrogen (secondary N) is 2. The Balaban J connectivity index is 1.28. The number of halogens is 1. The van der Waals surface area contributed by atoms with Crippen molar-refractivity contribution in [1.82, 2.24) is 10.6 Å². The van der Waals surface area contributed by atoms with E-state index in [0.717, 1.165) is 56.8 Å². The van der Waals surface area contributed by atoms with E-state index in [2.05, 4.69) is 38.0 Å². The van der Waals surface area contributed by atoms with Gasteiger partial charge in [-0.1, -0.05) is 12.1 Å². The van der Waals surface area contributed by atoms with Gasteiger partial charge in [-0.15, -0.1) is 11.3 Å². The number of hydrogen-bond acceptors (Lipinski definition) is 3. The number of guanidine groups is 1. The van der Waals surface area contributed by atoms with Crippen molar-refractivity contribution in [3.63, 3.8) is 0 Å². The van der Waals surface area contributed by atoms with Crippen LogP contribution in [0.25, 0.3) is 0 Å². The minimum absolute atomic E-state index is 0.0578. The zero-order valence-corrected chi connectivity index (χ0v) is 16.6. The second kappa shape index (κ2) is 7.89. The van der Waals surface area contributed by atoms with Crippen molar-refractivity contribution < 1.29 is 4.39 Å². The molecule has 27 heavy (non-hydrogen) atoms. The molecule has 1 saturated carbocycles. The Morgan fingerprint density at radius 2 is 2.07 bits per heavy atom. The van der Waals surface area contributed by atoms with Gasteiger partial charge < -0.3 is 15.5 Å². The van der Waals surface area contributed by atoms with Crippen LogP contribution in [0.4, 0.5) is 9.39 Å². The van der Waals surface area contributed by atoms with Crippen molar-refractivity contribution in [3.8, 4) is 0 Å². The predicted octanol–water partition coefficient (Wildman–Crippen LogP) is 3.75. The number of thiophene rings is 1. The maximum absolute atomic E-state index is 13.6.